The molecule has 0 radical (unpaired) electrons. The van der Waals surface area contributed by atoms with Gasteiger partial charge in [-0.1, -0.05) is 26.2 Å². The first kappa shape index (κ1) is 16.1. The second-order valence-electron chi connectivity index (χ2n) is 7.57. The van der Waals surface area contributed by atoms with Crippen LogP contribution in [0.4, 0.5) is 0 Å². The summed E-state index contributed by atoms with van der Waals surface area (Å²) in [4.78, 5) is 9.66. The molecule has 0 aromatic heterocycles. The topological polar surface area (TPSA) is 30.9 Å². The quantitative estimate of drug-likeness (QED) is 0.626. The molecule has 3 aliphatic rings. The summed E-state index contributed by atoms with van der Waals surface area (Å²) in [5.74, 6) is 1.13. The molecule has 0 atom stereocenters. The molecule has 2 saturated carbocycles. The van der Waals surface area contributed by atoms with E-state index in [1.54, 1.807) is 0 Å². The van der Waals surface area contributed by atoms with Gasteiger partial charge in [-0.05, 0) is 44.1 Å². The summed E-state index contributed by atoms with van der Waals surface area (Å²) in [6, 6.07) is 0.867. The van der Waals surface area contributed by atoms with Gasteiger partial charge in [0.05, 0.1) is 0 Å². The smallest absolute Gasteiger partial charge is 0.193 e. The summed E-state index contributed by atoms with van der Waals surface area (Å²) in [6.07, 6.45) is 11.4. The second-order valence-corrected chi connectivity index (χ2v) is 7.57. The van der Waals surface area contributed by atoms with Crippen molar-refractivity contribution >= 4 is 5.96 Å². The van der Waals surface area contributed by atoms with Crippen LogP contribution in [0.5, 0.6) is 0 Å². The van der Waals surface area contributed by atoms with Gasteiger partial charge in [0.15, 0.2) is 5.96 Å². The van der Waals surface area contributed by atoms with Crippen molar-refractivity contribution in [3.8, 4) is 0 Å². The average molecular weight is 306 g/mol. The number of rotatable bonds is 5. The molecule has 2 aliphatic carbocycles. The van der Waals surface area contributed by atoms with E-state index >= 15 is 0 Å². The largest absolute Gasteiger partial charge is 0.355 e. The Morgan fingerprint density at radius 1 is 1.23 bits per heavy atom. The maximum Gasteiger partial charge on any atom is 0.193 e. The normalized spacial score (nSPS) is 25.2. The third-order valence-corrected chi connectivity index (χ3v) is 6.02. The van der Waals surface area contributed by atoms with Gasteiger partial charge in [-0.15, -0.1) is 0 Å². The molecule has 1 heterocycles. The first-order chi connectivity index (χ1) is 10.8. The standard InChI is InChI=1S/C18H34N4/c1-3-21(16-7-8-16)14-12-20-17(19-2)22-13-11-18(15-22)9-5-4-6-10-18/h16H,3-15H2,1-2H3,(H,19,20). The van der Waals surface area contributed by atoms with Gasteiger partial charge in [0, 0.05) is 39.3 Å². The van der Waals surface area contributed by atoms with Crippen LogP contribution in [-0.2, 0) is 0 Å². The zero-order chi connectivity index (χ0) is 15.4. The second kappa shape index (κ2) is 7.20. The molecule has 3 fully saturated rings. The molecule has 1 N–H and O–H groups in total. The fraction of sp³-hybridized carbons (Fsp3) is 0.944. The Bertz CT molecular complexity index is 383. The Hall–Kier alpha value is -0.770. The SMILES string of the molecule is CCN(CCNC(=NC)N1CCC2(CCCCC2)C1)C1CC1. The number of hydrogen-bond donors (Lipinski definition) is 1. The third kappa shape index (κ3) is 3.76. The number of hydrogen-bond acceptors (Lipinski definition) is 2. The number of aliphatic imine (C=N–C) groups is 1. The van der Waals surface area contributed by atoms with Crippen LogP contribution in [-0.4, -0.2) is 61.6 Å². The van der Waals surface area contributed by atoms with Crippen LogP contribution in [0.15, 0.2) is 4.99 Å². The maximum absolute atomic E-state index is 4.54. The molecule has 22 heavy (non-hydrogen) atoms. The molecule has 0 unspecified atom stereocenters. The number of guanidine groups is 1. The highest BCUT2D eigenvalue weighted by atomic mass is 15.3. The van der Waals surface area contributed by atoms with E-state index in [0.717, 1.165) is 25.1 Å². The third-order valence-electron chi connectivity index (χ3n) is 6.02. The van der Waals surface area contributed by atoms with Gasteiger partial charge in [-0.2, -0.15) is 0 Å². The predicted molar refractivity (Wildman–Crippen MR) is 93.3 cm³/mol. The lowest BCUT2D eigenvalue weighted by Crippen LogP contribution is -2.44. The summed E-state index contributed by atoms with van der Waals surface area (Å²) in [6.45, 7) is 8.06. The Morgan fingerprint density at radius 3 is 2.64 bits per heavy atom. The van der Waals surface area contributed by atoms with Crippen molar-refractivity contribution in [2.75, 3.05) is 39.8 Å². The van der Waals surface area contributed by atoms with E-state index in [2.05, 4.69) is 27.0 Å². The van der Waals surface area contributed by atoms with Crippen LogP contribution < -0.4 is 5.32 Å². The van der Waals surface area contributed by atoms with Crippen molar-refractivity contribution < 1.29 is 0 Å². The molecule has 4 heteroatoms. The Kier molecular flexibility index (Phi) is 5.27. The molecule has 1 saturated heterocycles. The number of likely N-dealkylation sites (tertiary alicyclic amines) is 1. The van der Waals surface area contributed by atoms with Crippen molar-refractivity contribution in [3.05, 3.63) is 0 Å². The van der Waals surface area contributed by atoms with Crippen LogP contribution >= 0.6 is 0 Å². The van der Waals surface area contributed by atoms with Gasteiger partial charge in [0.1, 0.15) is 0 Å². The lowest BCUT2D eigenvalue weighted by molar-refractivity contribution is 0.203. The fourth-order valence-corrected chi connectivity index (χ4v) is 4.51. The summed E-state index contributed by atoms with van der Waals surface area (Å²) < 4.78 is 0. The van der Waals surface area contributed by atoms with E-state index in [-0.39, 0.29) is 0 Å². The van der Waals surface area contributed by atoms with E-state index in [4.69, 9.17) is 0 Å². The van der Waals surface area contributed by atoms with Crippen LogP contribution in [0.3, 0.4) is 0 Å². The van der Waals surface area contributed by atoms with Crippen molar-refractivity contribution in [3.63, 3.8) is 0 Å². The van der Waals surface area contributed by atoms with Gasteiger partial charge < -0.3 is 10.2 Å². The summed E-state index contributed by atoms with van der Waals surface area (Å²) in [7, 11) is 1.94. The van der Waals surface area contributed by atoms with E-state index in [1.165, 1.54) is 71.0 Å². The minimum Gasteiger partial charge on any atom is -0.355 e. The Labute approximate surface area is 136 Å². The van der Waals surface area contributed by atoms with Crippen molar-refractivity contribution in [2.24, 2.45) is 10.4 Å². The van der Waals surface area contributed by atoms with E-state index < -0.39 is 0 Å². The molecule has 3 rings (SSSR count). The lowest BCUT2D eigenvalue weighted by atomic mass is 9.73. The maximum atomic E-state index is 4.54. The molecular formula is C18H34N4. The van der Waals surface area contributed by atoms with Crippen LogP contribution in [0.2, 0.25) is 0 Å². The van der Waals surface area contributed by atoms with Gasteiger partial charge in [-0.25, -0.2) is 0 Å². The molecule has 126 valence electrons. The van der Waals surface area contributed by atoms with Gasteiger partial charge >= 0.3 is 0 Å². The predicted octanol–water partition coefficient (Wildman–Crippen LogP) is 2.70. The fourth-order valence-electron chi connectivity index (χ4n) is 4.51. The van der Waals surface area contributed by atoms with Crippen molar-refractivity contribution in [1.29, 1.82) is 0 Å². The molecule has 0 aromatic rings. The molecule has 1 spiro atoms. The zero-order valence-electron chi connectivity index (χ0n) is 14.6. The summed E-state index contributed by atoms with van der Waals surface area (Å²) in [5, 5.41) is 3.62. The highest BCUT2D eigenvalue weighted by Crippen LogP contribution is 2.43. The Morgan fingerprint density at radius 2 is 2.00 bits per heavy atom. The van der Waals surface area contributed by atoms with Crippen molar-refractivity contribution in [1.82, 2.24) is 15.1 Å². The number of nitrogens with one attached hydrogen (secondary N) is 1. The van der Waals surface area contributed by atoms with Crippen LogP contribution in [0.25, 0.3) is 0 Å². The Balaban J connectivity index is 1.45. The molecular weight excluding hydrogens is 272 g/mol. The molecule has 0 amide bonds. The van der Waals surface area contributed by atoms with Gasteiger partial charge in [0.2, 0.25) is 0 Å². The minimum absolute atomic E-state index is 0.610. The molecule has 4 nitrogen and oxygen atoms in total. The van der Waals surface area contributed by atoms with E-state index in [9.17, 15) is 0 Å². The lowest BCUT2D eigenvalue weighted by Gasteiger charge is -2.33. The monoisotopic (exact) mass is 306 g/mol. The minimum atomic E-state index is 0.610. The molecule has 0 bridgehead atoms. The van der Waals surface area contributed by atoms with Crippen LogP contribution in [0.1, 0.15) is 58.3 Å². The highest BCUT2D eigenvalue weighted by molar-refractivity contribution is 5.80. The summed E-state index contributed by atoms with van der Waals surface area (Å²) >= 11 is 0. The summed E-state index contributed by atoms with van der Waals surface area (Å²) in [5.41, 5.74) is 0.610. The van der Waals surface area contributed by atoms with Crippen LogP contribution in [0, 0.1) is 5.41 Å². The average Bonchev–Trinajstić information content (AvgIpc) is 3.31. The van der Waals surface area contributed by atoms with E-state index in [0.29, 0.717) is 5.41 Å². The van der Waals surface area contributed by atoms with Crippen molar-refractivity contribution in [2.45, 2.75) is 64.3 Å². The first-order valence-electron chi connectivity index (χ1n) is 9.46. The molecule has 0 aromatic carbocycles. The number of likely N-dealkylation sites (N-methyl/N-ethyl adjacent to an activating group) is 1. The van der Waals surface area contributed by atoms with Gasteiger partial charge in [0.25, 0.3) is 0 Å². The van der Waals surface area contributed by atoms with Gasteiger partial charge in [-0.3, -0.25) is 9.89 Å². The molecule has 1 aliphatic heterocycles. The van der Waals surface area contributed by atoms with E-state index in [1.807, 2.05) is 7.05 Å². The number of nitrogens with zero attached hydrogens (tertiary/aromatic N) is 3. The first-order valence-corrected chi connectivity index (χ1v) is 9.46. The highest BCUT2D eigenvalue weighted by Gasteiger charge is 2.39. The zero-order valence-corrected chi connectivity index (χ0v) is 14.6.